The molecule has 0 amide bonds. The van der Waals surface area contributed by atoms with Crippen molar-refractivity contribution < 1.29 is 0 Å². The summed E-state index contributed by atoms with van der Waals surface area (Å²) in [6.45, 7) is 1.95. The molecule has 0 spiro atoms. The third-order valence-electron chi connectivity index (χ3n) is 4.30. The summed E-state index contributed by atoms with van der Waals surface area (Å²) in [5.41, 5.74) is 1.51. The average molecular weight is 275 g/mol. The summed E-state index contributed by atoms with van der Waals surface area (Å²) in [6, 6.07) is 8.36. The monoisotopic (exact) mass is 275 g/mol. The molecule has 1 aliphatic rings. The van der Waals surface area contributed by atoms with Crippen LogP contribution < -0.4 is 5.32 Å². The van der Waals surface area contributed by atoms with Gasteiger partial charge in [-0.3, -0.25) is 0 Å². The molecule has 1 N–H and O–H groups in total. The molecule has 4 heteroatoms. The van der Waals surface area contributed by atoms with E-state index in [1.165, 1.54) is 29.0 Å². The number of likely N-dealkylation sites (N-methyl/N-ethyl adjacent to an activating group) is 1. The molecule has 0 aliphatic heterocycles. The van der Waals surface area contributed by atoms with E-state index in [9.17, 15) is 0 Å². The average Bonchev–Trinajstić information content (AvgIpc) is 2.74. The van der Waals surface area contributed by atoms with Crippen molar-refractivity contribution >= 4 is 21.6 Å². The first-order valence-corrected chi connectivity index (χ1v) is 7.74. The van der Waals surface area contributed by atoms with Gasteiger partial charge in [-0.2, -0.15) is 0 Å². The summed E-state index contributed by atoms with van der Waals surface area (Å²) < 4.78 is 1.28. The van der Waals surface area contributed by atoms with Crippen LogP contribution in [0.2, 0.25) is 0 Å². The SMILES string of the molecule is CN(C)C1(CNCc2nc3ccccc3s2)CCC1. The van der Waals surface area contributed by atoms with Crippen molar-refractivity contribution in [3.05, 3.63) is 29.3 Å². The zero-order chi connectivity index (χ0) is 13.3. The van der Waals surface area contributed by atoms with Gasteiger partial charge >= 0.3 is 0 Å². The van der Waals surface area contributed by atoms with Crippen molar-refractivity contribution in [2.45, 2.75) is 31.3 Å². The molecule has 0 atom stereocenters. The van der Waals surface area contributed by atoms with Crippen LogP contribution in [0.5, 0.6) is 0 Å². The molecule has 0 radical (unpaired) electrons. The van der Waals surface area contributed by atoms with E-state index in [0.29, 0.717) is 5.54 Å². The lowest BCUT2D eigenvalue weighted by Gasteiger charge is -2.47. The number of hydrogen-bond acceptors (Lipinski definition) is 4. The van der Waals surface area contributed by atoms with Gasteiger partial charge in [-0.25, -0.2) is 4.98 Å². The first kappa shape index (κ1) is 13.0. The smallest absolute Gasteiger partial charge is 0.108 e. The number of benzene rings is 1. The van der Waals surface area contributed by atoms with E-state index in [-0.39, 0.29) is 0 Å². The summed E-state index contributed by atoms with van der Waals surface area (Å²) in [6.07, 6.45) is 3.99. The van der Waals surface area contributed by atoms with Gasteiger partial charge in [0.2, 0.25) is 0 Å². The number of fused-ring (bicyclic) bond motifs is 1. The Morgan fingerprint density at radius 1 is 1.32 bits per heavy atom. The highest BCUT2D eigenvalue weighted by Crippen LogP contribution is 2.35. The number of rotatable bonds is 5. The van der Waals surface area contributed by atoms with E-state index in [4.69, 9.17) is 0 Å². The lowest BCUT2D eigenvalue weighted by atomic mass is 9.75. The summed E-state index contributed by atoms with van der Waals surface area (Å²) >= 11 is 1.79. The maximum Gasteiger partial charge on any atom is 0.108 e. The van der Waals surface area contributed by atoms with Gasteiger partial charge < -0.3 is 10.2 Å². The topological polar surface area (TPSA) is 28.2 Å². The Hall–Kier alpha value is -0.970. The van der Waals surface area contributed by atoms with Gasteiger partial charge in [0.15, 0.2) is 0 Å². The maximum atomic E-state index is 4.66. The molecular weight excluding hydrogens is 254 g/mol. The maximum absolute atomic E-state index is 4.66. The van der Waals surface area contributed by atoms with Gasteiger partial charge in [-0.1, -0.05) is 12.1 Å². The summed E-state index contributed by atoms with van der Waals surface area (Å²) in [4.78, 5) is 7.04. The van der Waals surface area contributed by atoms with Crippen LogP contribution in [0, 0.1) is 0 Å². The number of nitrogens with zero attached hydrogens (tertiary/aromatic N) is 2. The van der Waals surface area contributed by atoms with E-state index in [0.717, 1.165) is 18.6 Å². The Bertz CT molecular complexity index is 524. The highest BCUT2D eigenvalue weighted by atomic mass is 32.1. The van der Waals surface area contributed by atoms with Crippen LogP contribution >= 0.6 is 11.3 Å². The van der Waals surface area contributed by atoms with Gasteiger partial charge in [0.25, 0.3) is 0 Å². The van der Waals surface area contributed by atoms with Gasteiger partial charge in [0.05, 0.1) is 10.2 Å². The Kier molecular flexibility index (Phi) is 3.56. The molecule has 0 saturated heterocycles. The molecular formula is C15H21N3S. The van der Waals surface area contributed by atoms with Crippen LogP contribution in [0.4, 0.5) is 0 Å². The fourth-order valence-corrected chi connectivity index (χ4v) is 3.70. The summed E-state index contributed by atoms with van der Waals surface area (Å²) in [5.74, 6) is 0. The zero-order valence-corrected chi connectivity index (χ0v) is 12.5. The van der Waals surface area contributed by atoms with Crippen LogP contribution in [0.3, 0.4) is 0 Å². The number of para-hydroxylation sites is 1. The molecule has 1 fully saturated rings. The van der Waals surface area contributed by atoms with Crippen molar-refractivity contribution in [2.24, 2.45) is 0 Å². The van der Waals surface area contributed by atoms with Crippen molar-refractivity contribution in [1.29, 1.82) is 0 Å². The highest BCUT2D eigenvalue weighted by molar-refractivity contribution is 7.18. The predicted molar refractivity (Wildman–Crippen MR) is 81.6 cm³/mol. The fraction of sp³-hybridized carbons (Fsp3) is 0.533. The second-order valence-electron chi connectivity index (χ2n) is 5.65. The Morgan fingerprint density at radius 3 is 2.74 bits per heavy atom. The van der Waals surface area contributed by atoms with Crippen LogP contribution in [-0.2, 0) is 6.54 Å². The predicted octanol–water partition coefficient (Wildman–Crippen LogP) is 2.87. The van der Waals surface area contributed by atoms with E-state index in [2.05, 4.69) is 53.6 Å². The van der Waals surface area contributed by atoms with Crippen LogP contribution in [0.25, 0.3) is 10.2 Å². The van der Waals surface area contributed by atoms with E-state index in [1.807, 2.05) is 0 Å². The van der Waals surface area contributed by atoms with Crippen LogP contribution in [-0.4, -0.2) is 36.1 Å². The summed E-state index contributed by atoms with van der Waals surface area (Å²) in [7, 11) is 4.39. The molecule has 1 saturated carbocycles. The fourth-order valence-electron chi connectivity index (χ4n) is 2.76. The van der Waals surface area contributed by atoms with Gasteiger partial charge in [-0.05, 0) is 45.5 Å². The van der Waals surface area contributed by atoms with Crippen molar-refractivity contribution in [3.8, 4) is 0 Å². The molecule has 1 aromatic heterocycles. The second-order valence-corrected chi connectivity index (χ2v) is 6.77. The Balaban J connectivity index is 1.60. The molecule has 0 bridgehead atoms. The lowest BCUT2D eigenvalue weighted by molar-refractivity contribution is 0.0598. The number of hydrogen-bond donors (Lipinski definition) is 1. The third kappa shape index (κ3) is 2.53. The van der Waals surface area contributed by atoms with E-state index in [1.54, 1.807) is 11.3 Å². The van der Waals surface area contributed by atoms with Crippen molar-refractivity contribution in [1.82, 2.24) is 15.2 Å². The highest BCUT2D eigenvalue weighted by Gasteiger charge is 2.38. The van der Waals surface area contributed by atoms with Gasteiger partial charge in [-0.15, -0.1) is 11.3 Å². The first-order valence-electron chi connectivity index (χ1n) is 6.92. The molecule has 1 aromatic carbocycles. The summed E-state index contributed by atoms with van der Waals surface area (Å²) in [5, 5.41) is 4.78. The van der Waals surface area contributed by atoms with Gasteiger partial charge in [0, 0.05) is 18.6 Å². The standard InChI is InChI=1S/C15H21N3S/c1-18(2)15(8-5-9-15)11-16-10-14-17-12-6-3-4-7-13(12)19-14/h3-4,6-7,16H,5,8-11H2,1-2H3. The number of nitrogens with one attached hydrogen (secondary N) is 1. The Morgan fingerprint density at radius 2 is 2.11 bits per heavy atom. The molecule has 102 valence electrons. The van der Waals surface area contributed by atoms with Crippen LogP contribution in [0.1, 0.15) is 24.3 Å². The minimum absolute atomic E-state index is 0.386. The molecule has 3 rings (SSSR count). The molecule has 2 aromatic rings. The van der Waals surface area contributed by atoms with Crippen molar-refractivity contribution in [2.75, 3.05) is 20.6 Å². The first-order chi connectivity index (χ1) is 9.20. The van der Waals surface area contributed by atoms with Crippen molar-refractivity contribution in [3.63, 3.8) is 0 Å². The quantitative estimate of drug-likeness (QED) is 0.909. The van der Waals surface area contributed by atoms with E-state index >= 15 is 0 Å². The van der Waals surface area contributed by atoms with Gasteiger partial charge in [0.1, 0.15) is 5.01 Å². The third-order valence-corrected chi connectivity index (χ3v) is 5.34. The zero-order valence-electron chi connectivity index (χ0n) is 11.6. The molecule has 3 nitrogen and oxygen atoms in total. The van der Waals surface area contributed by atoms with Crippen LogP contribution in [0.15, 0.2) is 24.3 Å². The second kappa shape index (κ2) is 5.19. The number of aromatic nitrogens is 1. The number of thiazole rings is 1. The molecule has 19 heavy (non-hydrogen) atoms. The Labute approximate surface area is 118 Å². The lowest BCUT2D eigenvalue weighted by Crippen LogP contribution is -2.56. The largest absolute Gasteiger partial charge is 0.309 e. The molecule has 0 unspecified atom stereocenters. The normalized spacial score (nSPS) is 17.8. The minimum Gasteiger partial charge on any atom is -0.309 e. The van der Waals surface area contributed by atoms with E-state index < -0.39 is 0 Å². The molecule has 1 aliphatic carbocycles. The molecule has 1 heterocycles. The minimum atomic E-state index is 0.386.